The lowest BCUT2D eigenvalue weighted by Gasteiger charge is -2.23. The van der Waals surface area contributed by atoms with Crippen LogP contribution in [0.1, 0.15) is 29.3 Å². The van der Waals surface area contributed by atoms with Crippen LogP contribution in [0.4, 0.5) is 16.2 Å². The molecule has 0 aliphatic carbocycles. The summed E-state index contributed by atoms with van der Waals surface area (Å²) in [5.41, 5.74) is 1.01. The number of benzene rings is 2. The van der Waals surface area contributed by atoms with E-state index in [1.807, 2.05) is 0 Å². The zero-order valence-electron chi connectivity index (χ0n) is 20.0. The fourth-order valence-corrected chi connectivity index (χ4v) is 4.66. The number of esters is 1. The SMILES string of the molecule is C=CCOC(=O)c1cccc(NC(=O)[C@@H]2C[C@H](SC(C)=O)CN2C(=O)OCc2ccc([N+](=O)[O-])cc2)c1. The number of carbonyl (C=O) groups excluding carboxylic acids is 4. The van der Waals surface area contributed by atoms with Crippen LogP contribution in [0, 0.1) is 10.1 Å². The van der Waals surface area contributed by atoms with E-state index in [1.54, 1.807) is 12.1 Å². The Hall–Kier alpha value is -4.19. The number of nitro groups is 1. The maximum absolute atomic E-state index is 13.1. The molecule has 2 aromatic rings. The zero-order valence-corrected chi connectivity index (χ0v) is 20.8. The monoisotopic (exact) mass is 527 g/mol. The van der Waals surface area contributed by atoms with Crippen molar-refractivity contribution in [3.63, 3.8) is 0 Å². The number of nitrogens with one attached hydrogen (secondary N) is 1. The molecule has 0 bridgehead atoms. The first-order chi connectivity index (χ1) is 17.7. The molecule has 0 radical (unpaired) electrons. The Morgan fingerprint density at radius 3 is 2.57 bits per heavy atom. The molecule has 11 nitrogen and oxygen atoms in total. The third kappa shape index (κ3) is 7.64. The highest BCUT2D eigenvalue weighted by atomic mass is 32.2. The van der Waals surface area contributed by atoms with Crippen LogP contribution < -0.4 is 5.32 Å². The van der Waals surface area contributed by atoms with Crippen LogP contribution in [0.3, 0.4) is 0 Å². The van der Waals surface area contributed by atoms with Gasteiger partial charge in [0.15, 0.2) is 5.12 Å². The molecule has 2 atom stereocenters. The van der Waals surface area contributed by atoms with Crippen LogP contribution in [0.5, 0.6) is 0 Å². The second-order valence-electron chi connectivity index (χ2n) is 8.07. The molecule has 1 heterocycles. The van der Waals surface area contributed by atoms with Crippen molar-refractivity contribution in [1.29, 1.82) is 0 Å². The van der Waals surface area contributed by atoms with Crippen molar-refractivity contribution in [1.82, 2.24) is 4.90 Å². The quantitative estimate of drug-likeness (QED) is 0.222. The summed E-state index contributed by atoms with van der Waals surface area (Å²) in [6, 6.07) is 10.8. The van der Waals surface area contributed by atoms with Crippen LogP contribution >= 0.6 is 11.8 Å². The second-order valence-corrected chi connectivity index (χ2v) is 9.55. The Morgan fingerprint density at radius 1 is 1.19 bits per heavy atom. The first-order valence-corrected chi connectivity index (χ1v) is 12.1. The van der Waals surface area contributed by atoms with E-state index in [0.717, 1.165) is 11.8 Å². The Labute approximate surface area is 216 Å². The molecule has 1 fully saturated rings. The highest BCUT2D eigenvalue weighted by molar-refractivity contribution is 8.14. The predicted octanol–water partition coefficient (Wildman–Crippen LogP) is 3.94. The number of ether oxygens (including phenoxy) is 2. The van der Waals surface area contributed by atoms with Gasteiger partial charge in [0.1, 0.15) is 19.3 Å². The minimum Gasteiger partial charge on any atom is -0.458 e. The Bertz CT molecular complexity index is 1200. The standard InChI is InChI=1S/C25H25N3O8S/c1-3-11-35-24(31)18-5-4-6-19(12-18)26-23(30)22-13-21(37-16(2)29)14-27(22)25(32)36-15-17-7-9-20(10-8-17)28(33)34/h3-10,12,21-22H,1,11,13-15H2,2H3,(H,26,30)/t21-,22-/m0/s1. The van der Waals surface area contributed by atoms with Gasteiger partial charge in [0.25, 0.3) is 5.69 Å². The van der Waals surface area contributed by atoms with Crippen LogP contribution in [-0.2, 0) is 25.7 Å². The molecule has 0 unspecified atom stereocenters. The third-order valence-electron chi connectivity index (χ3n) is 5.34. The van der Waals surface area contributed by atoms with Crippen molar-refractivity contribution in [2.45, 2.75) is 31.2 Å². The van der Waals surface area contributed by atoms with Gasteiger partial charge in [0.2, 0.25) is 5.91 Å². The van der Waals surface area contributed by atoms with Gasteiger partial charge in [-0.3, -0.25) is 24.6 Å². The molecule has 1 N–H and O–H groups in total. The summed E-state index contributed by atoms with van der Waals surface area (Å²) in [5, 5.41) is 13.1. The first kappa shape index (κ1) is 27.4. The lowest BCUT2D eigenvalue weighted by Crippen LogP contribution is -2.43. The number of nitro benzene ring substituents is 1. The highest BCUT2D eigenvalue weighted by Gasteiger charge is 2.41. The van der Waals surface area contributed by atoms with E-state index in [2.05, 4.69) is 11.9 Å². The van der Waals surface area contributed by atoms with Crippen LogP contribution in [0.25, 0.3) is 0 Å². The lowest BCUT2D eigenvalue weighted by atomic mass is 10.1. The molecule has 1 saturated heterocycles. The molecule has 0 spiro atoms. The molecule has 2 amide bonds. The van der Waals surface area contributed by atoms with E-state index < -0.39 is 28.9 Å². The number of amides is 2. The van der Waals surface area contributed by atoms with Gasteiger partial charge in [-0.15, -0.1) is 0 Å². The van der Waals surface area contributed by atoms with Crippen LogP contribution in [0.15, 0.2) is 61.2 Å². The molecule has 2 aromatic carbocycles. The summed E-state index contributed by atoms with van der Waals surface area (Å²) in [5.74, 6) is -1.08. The number of likely N-dealkylation sites (tertiary alicyclic amines) is 1. The van der Waals surface area contributed by atoms with E-state index in [9.17, 15) is 29.3 Å². The van der Waals surface area contributed by atoms with Crippen molar-refractivity contribution in [2.24, 2.45) is 0 Å². The van der Waals surface area contributed by atoms with Gasteiger partial charge < -0.3 is 14.8 Å². The van der Waals surface area contributed by atoms with Crippen molar-refractivity contribution in [3.05, 3.63) is 82.4 Å². The van der Waals surface area contributed by atoms with E-state index in [4.69, 9.17) is 9.47 Å². The normalized spacial score (nSPS) is 16.5. The predicted molar refractivity (Wildman–Crippen MR) is 136 cm³/mol. The van der Waals surface area contributed by atoms with Crippen LogP contribution in [0.2, 0.25) is 0 Å². The zero-order chi connectivity index (χ0) is 26.9. The molecule has 1 aliphatic heterocycles. The van der Waals surface area contributed by atoms with Gasteiger partial charge in [-0.2, -0.15) is 0 Å². The Balaban J connectivity index is 1.69. The van der Waals surface area contributed by atoms with Gasteiger partial charge in [-0.25, -0.2) is 9.59 Å². The van der Waals surface area contributed by atoms with Gasteiger partial charge in [-0.1, -0.05) is 30.5 Å². The second kappa shape index (κ2) is 12.7. The maximum Gasteiger partial charge on any atom is 0.410 e. The molecule has 194 valence electrons. The minimum atomic E-state index is -0.919. The summed E-state index contributed by atoms with van der Waals surface area (Å²) in [6.07, 6.45) is 0.907. The fourth-order valence-electron chi connectivity index (χ4n) is 3.68. The Morgan fingerprint density at radius 2 is 1.92 bits per heavy atom. The third-order valence-corrected chi connectivity index (χ3v) is 6.35. The molecular formula is C25H25N3O8S. The number of thioether (sulfide) groups is 1. The van der Waals surface area contributed by atoms with Crippen molar-refractivity contribution < 1.29 is 33.6 Å². The molecule has 1 aliphatic rings. The lowest BCUT2D eigenvalue weighted by molar-refractivity contribution is -0.384. The average Bonchev–Trinajstić information content (AvgIpc) is 3.29. The Kier molecular flexibility index (Phi) is 9.39. The number of carbonyl (C=O) groups is 4. The molecule has 0 aromatic heterocycles. The van der Waals surface area contributed by atoms with Gasteiger partial charge in [0, 0.05) is 36.5 Å². The van der Waals surface area contributed by atoms with Crippen LogP contribution in [-0.4, -0.2) is 57.4 Å². The number of nitrogens with zero attached hydrogens (tertiary/aromatic N) is 2. The van der Waals surface area contributed by atoms with E-state index in [-0.39, 0.29) is 47.8 Å². The molecule has 12 heteroatoms. The highest BCUT2D eigenvalue weighted by Crippen LogP contribution is 2.30. The molecule has 3 rings (SSSR count). The average molecular weight is 528 g/mol. The summed E-state index contributed by atoms with van der Waals surface area (Å²) in [7, 11) is 0. The number of rotatable bonds is 9. The molecule has 0 saturated carbocycles. The van der Waals surface area contributed by atoms with E-state index >= 15 is 0 Å². The molecule has 37 heavy (non-hydrogen) atoms. The summed E-state index contributed by atoms with van der Waals surface area (Å²) in [4.78, 5) is 61.3. The number of non-ortho nitro benzene ring substituents is 1. The number of hydrogen-bond acceptors (Lipinski definition) is 9. The topological polar surface area (TPSA) is 145 Å². The van der Waals surface area contributed by atoms with Gasteiger partial charge in [0.05, 0.1) is 10.5 Å². The van der Waals surface area contributed by atoms with Gasteiger partial charge in [-0.05, 0) is 42.3 Å². The fraction of sp³-hybridized carbons (Fsp3) is 0.280. The molecular weight excluding hydrogens is 502 g/mol. The van der Waals surface area contributed by atoms with E-state index in [0.29, 0.717) is 11.3 Å². The van der Waals surface area contributed by atoms with Crippen molar-refractivity contribution in [2.75, 3.05) is 18.5 Å². The number of anilines is 1. The van der Waals surface area contributed by atoms with Crippen molar-refractivity contribution >= 4 is 46.2 Å². The summed E-state index contributed by atoms with van der Waals surface area (Å²) < 4.78 is 10.4. The minimum absolute atomic E-state index is 0.0453. The first-order valence-electron chi connectivity index (χ1n) is 11.2. The van der Waals surface area contributed by atoms with Crippen molar-refractivity contribution in [3.8, 4) is 0 Å². The smallest absolute Gasteiger partial charge is 0.410 e. The summed E-state index contributed by atoms with van der Waals surface area (Å²) >= 11 is 1.04. The maximum atomic E-state index is 13.1. The largest absolute Gasteiger partial charge is 0.458 e. The van der Waals surface area contributed by atoms with Gasteiger partial charge >= 0.3 is 12.1 Å². The summed E-state index contributed by atoms with van der Waals surface area (Å²) in [6.45, 7) is 4.91. The number of hydrogen-bond donors (Lipinski definition) is 1. The van der Waals surface area contributed by atoms with E-state index in [1.165, 1.54) is 54.3 Å².